The second-order valence-electron chi connectivity index (χ2n) is 7.76. The Bertz CT molecular complexity index is 1000. The smallest absolute Gasteiger partial charge is 0.272 e. The highest BCUT2D eigenvalue weighted by Gasteiger charge is 2.36. The van der Waals surface area contributed by atoms with Gasteiger partial charge in [0.1, 0.15) is 0 Å². The lowest BCUT2D eigenvalue weighted by molar-refractivity contribution is -0.385. The number of ether oxygens (including phenoxy) is 2. The Balaban J connectivity index is 1.92. The molecule has 0 spiro atoms. The van der Waals surface area contributed by atoms with Crippen LogP contribution in [0.2, 0.25) is 0 Å². The fourth-order valence-electron chi connectivity index (χ4n) is 4.39. The number of nitrogens with zero attached hydrogens (tertiary/aromatic N) is 3. The van der Waals surface area contributed by atoms with Crippen molar-refractivity contribution in [3.05, 3.63) is 62.7 Å². The van der Waals surface area contributed by atoms with Crippen molar-refractivity contribution in [2.75, 3.05) is 34.4 Å². The molecule has 1 fully saturated rings. The fourth-order valence-corrected chi connectivity index (χ4v) is 4.39. The van der Waals surface area contributed by atoms with E-state index < -0.39 is 0 Å². The van der Waals surface area contributed by atoms with Crippen molar-refractivity contribution in [1.82, 2.24) is 4.90 Å². The van der Waals surface area contributed by atoms with E-state index in [2.05, 4.69) is 11.9 Å². The lowest BCUT2D eigenvalue weighted by Crippen LogP contribution is -2.41. The number of methoxy groups -OCH3 is 2. The van der Waals surface area contributed by atoms with Crippen LogP contribution in [0.25, 0.3) is 0 Å². The van der Waals surface area contributed by atoms with E-state index in [0.29, 0.717) is 17.1 Å². The van der Waals surface area contributed by atoms with Crippen LogP contribution >= 0.6 is 0 Å². The Kier molecular flexibility index (Phi) is 5.00. The largest absolute Gasteiger partial charge is 0.493 e. The second-order valence-corrected chi connectivity index (χ2v) is 7.76. The highest BCUT2D eigenvalue weighted by Crippen LogP contribution is 2.42. The number of fused-ring (bicyclic) bond motifs is 3. The van der Waals surface area contributed by atoms with Crippen LogP contribution in [-0.2, 0) is 0 Å². The Hall–Kier alpha value is -2.93. The van der Waals surface area contributed by atoms with E-state index in [9.17, 15) is 10.1 Å². The zero-order valence-electron chi connectivity index (χ0n) is 17.1. The summed E-state index contributed by atoms with van der Waals surface area (Å²) in [5, 5.41) is 11.5. The highest BCUT2D eigenvalue weighted by molar-refractivity contribution is 6.15. The number of aryl methyl sites for hydroxylation is 1. The summed E-state index contributed by atoms with van der Waals surface area (Å²) in [4.78, 5) is 18.5. The number of aliphatic imine (C=N–C) groups is 1. The van der Waals surface area contributed by atoms with Crippen LogP contribution in [0.5, 0.6) is 11.5 Å². The van der Waals surface area contributed by atoms with E-state index in [4.69, 9.17) is 14.5 Å². The molecule has 7 heteroatoms. The molecule has 29 heavy (non-hydrogen) atoms. The molecule has 2 aliphatic heterocycles. The molecule has 152 valence electrons. The summed E-state index contributed by atoms with van der Waals surface area (Å²) in [6.07, 6.45) is 0.951. The van der Waals surface area contributed by atoms with Crippen LogP contribution in [0.1, 0.15) is 34.6 Å². The Morgan fingerprint density at radius 3 is 2.59 bits per heavy atom. The van der Waals surface area contributed by atoms with Gasteiger partial charge in [0.15, 0.2) is 11.5 Å². The van der Waals surface area contributed by atoms with Gasteiger partial charge < -0.3 is 14.4 Å². The monoisotopic (exact) mass is 395 g/mol. The van der Waals surface area contributed by atoms with Crippen molar-refractivity contribution >= 4 is 11.4 Å². The van der Waals surface area contributed by atoms with Crippen LogP contribution in [0.15, 0.2) is 35.3 Å². The molecule has 0 aromatic heterocycles. The predicted octanol–water partition coefficient (Wildman–Crippen LogP) is 3.56. The van der Waals surface area contributed by atoms with Gasteiger partial charge in [0.05, 0.1) is 30.9 Å². The standard InChI is InChI=1S/C22H25N3O4/c1-13-5-6-14(9-19(13)25(26)27)22-16-11-21(29-4)20(28-3)10-15(16)17-12-24(2)8-7-18(17)23-22/h5-6,9-11,17-18H,7-8,12H2,1-4H3. The van der Waals surface area contributed by atoms with Gasteiger partial charge in [0.25, 0.3) is 5.69 Å². The summed E-state index contributed by atoms with van der Waals surface area (Å²) < 4.78 is 11.1. The van der Waals surface area contributed by atoms with Crippen molar-refractivity contribution in [3.63, 3.8) is 0 Å². The summed E-state index contributed by atoms with van der Waals surface area (Å²) in [6, 6.07) is 9.47. The van der Waals surface area contributed by atoms with Crippen LogP contribution in [0, 0.1) is 17.0 Å². The van der Waals surface area contributed by atoms with Crippen molar-refractivity contribution in [2.45, 2.75) is 25.3 Å². The molecule has 2 aromatic rings. The minimum Gasteiger partial charge on any atom is -0.493 e. The van der Waals surface area contributed by atoms with Gasteiger partial charge in [-0.05, 0) is 44.6 Å². The van der Waals surface area contributed by atoms with E-state index >= 15 is 0 Å². The highest BCUT2D eigenvalue weighted by atomic mass is 16.6. The summed E-state index contributed by atoms with van der Waals surface area (Å²) in [5.74, 6) is 1.57. The molecular formula is C22H25N3O4. The van der Waals surface area contributed by atoms with Gasteiger partial charge in [-0.1, -0.05) is 12.1 Å². The van der Waals surface area contributed by atoms with Gasteiger partial charge in [-0.25, -0.2) is 0 Å². The molecule has 0 radical (unpaired) electrons. The molecule has 2 aliphatic rings. The number of nitro benzene ring substituents is 1. The third-order valence-electron chi connectivity index (χ3n) is 5.96. The lowest BCUT2D eigenvalue weighted by Gasteiger charge is -2.39. The molecule has 0 amide bonds. The molecule has 2 aromatic carbocycles. The number of likely N-dealkylation sites (N-methyl/N-ethyl adjacent to an activating group) is 1. The number of rotatable bonds is 4. The zero-order chi connectivity index (χ0) is 20.7. The average molecular weight is 395 g/mol. The van der Waals surface area contributed by atoms with Crippen molar-refractivity contribution < 1.29 is 14.4 Å². The van der Waals surface area contributed by atoms with Gasteiger partial charge in [0.2, 0.25) is 0 Å². The van der Waals surface area contributed by atoms with E-state index in [1.165, 1.54) is 0 Å². The van der Waals surface area contributed by atoms with E-state index in [1.54, 1.807) is 33.3 Å². The first-order valence-electron chi connectivity index (χ1n) is 9.71. The third kappa shape index (κ3) is 3.35. The van der Waals surface area contributed by atoms with Crippen LogP contribution in [0.4, 0.5) is 5.69 Å². The molecule has 2 unspecified atom stereocenters. The summed E-state index contributed by atoms with van der Waals surface area (Å²) in [5.41, 5.74) is 4.41. The molecular weight excluding hydrogens is 370 g/mol. The van der Waals surface area contributed by atoms with Gasteiger partial charge in [-0.3, -0.25) is 15.1 Å². The van der Waals surface area contributed by atoms with Gasteiger partial charge in [-0.15, -0.1) is 0 Å². The van der Waals surface area contributed by atoms with Crippen molar-refractivity contribution in [1.29, 1.82) is 0 Å². The fraction of sp³-hybridized carbons (Fsp3) is 0.409. The lowest BCUT2D eigenvalue weighted by atomic mass is 9.79. The van der Waals surface area contributed by atoms with Gasteiger partial charge in [0, 0.05) is 35.2 Å². The van der Waals surface area contributed by atoms with Crippen LogP contribution < -0.4 is 9.47 Å². The molecule has 0 aliphatic carbocycles. The SMILES string of the molecule is COc1cc2c(cc1OC)C1CN(C)CCC1N=C2c1ccc(C)c([N+](=O)[O-])c1. The second kappa shape index (κ2) is 7.48. The number of hydrogen-bond acceptors (Lipinski definition) is 6. The molecule has 0 saturated carbocycles. The summed E-state index contributed by atoms with van der Waals surface area (Å²) in [6.45, 7) is 3.64. The van der Waals surface area contributed by atoms with Crippen molar-refractivity contribution in [3.8, 4) is 11.5 Å². The first-order valence-corrected chi connectivity index (χ1v) is 9.71. The maximum absolute atomic E-state index is 11.5. The molecule has 1 saturated heterocycles. The number of benzene rings is 2. The predicted molar refractivity (Wildman–Crippen MR) is 112 cm³/mol. The summed E-state index contributed by atoms with van der Waals surface area (Å²) in [7, 11) is 5.37. The average Bonchev–Trinajstić information content (AvgIpc) is 2.72. The quantitative estimate of drug-likeness (QED) is 0.584. The molecule has 0 bridgehead atoms. The van der Waals surface area contributed by atoms with Crippen LogP contribution in [-0.4, -0.2) is 55.9 Å². The first-order chi connectivity index (χ1) is 13.9. The molecule has 0 N–H and O–H groups in total. The minimum absolute atomic E-state index is 0.109. The maximum atomic E-state index is 11.5. The Labute approximate surface area is 170 Å². The number of piperidine rings is 1. The van der Waals surface area contributed by atoms with Crippen LogP contribution in [0.3, 0.4) is 0 Å². The molecule has 7 nitrogen and oxygen atoms in total. The topological polar surface area (TPSA) is 77.2 Å². The summed E-state index contributed by atoms with van der Waals surface area (Å²) >= 11 is 0. The van der Waals surface area contributed by atoms with Gasteiger partial charge >= 0.3 is 0 Å². The molecule has 4 rings (SSSR count). The van der Waals surface area contributed by atoms with Crippen molar-refractivity contribution in [2.24, 2.45) is 4.99 Å². The molecule has 2 heterocycles. The van der Waals surface area contributed by atoms with Gasteiger partial charge in [-0.2, -0.15) is 0 Å². The zero-order valence-corrected chi connectivity index (χ0v) is 17.1. The van der Waals surface area contributed by atoms with E-state index in [1.807, 2.05) is 18.2 Å². The maximum Gasteiger partial charge on any atom is 0.272 e. The minimum atomic E-state index is -0.337. The first kappa shape index (κ1) is 19.4. The Morgan fingerprint density at radius 1 is 1.17 bits per heavy atom. The number of likely N-dealkylation sites (tertiary alicyclic amines) is 1. The van der Waals surface area contributed by atoms with E-state index in [-0.39, 0.29) is 22.6 Å². The normalized spacial score (nSPS) is 21.0. The third-order valence-corrected chi connectivity index (χ3v) is 5.96. The number of hydrogen-bond donors (Lipinski definition) is 0. The molecule has 2 atom stereocenters. The van der Waals surface area contributed by atoms with E-state index in [0.717, 1.165) is 41.9 Å². The Morgan fingerprint density at radius 2 is 1.90 bits per heavy atom. The number of nitro groups is 1.